The summed E-state index contributed by atoms with van der Waals surface area (Å²) in [5.41, 5.74) is 7.37. The fraction of sp³-hybridized carbons (Fsp3) is 0.588. The molecule has 1 aromatic carbocycles. The highest BCUT2D eigenvalue weighted by molar-refractivity contribution is 5.81. The summed E-state index contributed by atoms with van der Waals surface area (Å²) < 4.78 is 0. The lowest BCUT2D eigenvalue weighted by Gasteiger charge is -2.45. The van der Waals surface area contributed by atoms with Crippen molar-refractivity contribution in [1.82, 2.24) is 9.80 Å². The van der Waals surface area contributed by atoms with Crippen LogP contribution in [0, 0.1) is 0 Å². The van der Waals surface area contributed by atoms with Crippen LogP contribution >= 0.6 is 0 Å². The minimum Gasteiger partial charge on any atom is -0.338 e. The van der Waals surface area contributed by atoms with Crippen molar-refractivity contribution in [2.75, 3.05) is 26.7 Å². The SMILES string of the molecule is CN1CCN(C(=O)C(N)CCc2ccccc2)CC1(C)C. The van der Waals surface area contributed by atoms with E-state index in [2.05, 4.69) is 37.9 Å². The Morgan fingerprint density at radius 2 is 1.95 bits per heavy atom. The van der Waals surface area contributed by atoms with E-state index >= 15 is 0 Å². The zero-order chi connectivity index (χ0) is 15.5. The van der Waals surface area contributed by atoms with Crippen LogP contribution in [0.5, 0.6) is 0 Å². The lowest BCUT2D eigenvalue weighted by atomic mass is 9.98. The molecule has 2 N–H and O–H groups in total. The van der Waals surface area contributed by atoms with Gasteiger partial charge in [0.25, 0.3) is 0 Å². The van der Waals surface area contributed by atoms with Gasteiger partial charge in [-0.2, -0.15) is 0 Å². The van der Waals surface area contributed by atoms with Crippen LogP contribution in [-0.4, -0.2) is 54.0 Å². The van der Waals surface area contributed by atoms with E-state index in [9.17, 15) is 4.79 Å². The number of carbonyl (C=O) groups excluding carboxylic acids is 1. The quantitative estimate of drug-likeness (QED) is 0.914. The van der Waals surface area contributed by atoms with Crippen LogP contribution in [0.25, 0.3) is 0 Å². The third-order valence-electron chi connectivity index (χ3n) is 4.53. The first-order valence-electron chi connectivity index (χ1n) is 7.70. The maximum Gasteiger partial charge on any atom is 0.239 e. The van der Waals surface area contributed by atoms with Crippen molar-refractivity contribution < 1.29 is 4.79 Å². The maximum atomic E-state index is 12.5. The second-order valence-corrected chi connectivity index (χ2v) is 6.62. The number of hydrogen-bond donors (Lipinski definition) is 1. The summed E-state index contributed by atoms with van der Waals surface area (Å²) >= 11 is 0. The molecule has 21 heavy (non-hydrogen) atoms. The molecule has 0 aliphatic carbocycles. The van der Waals surface area contributed by atoms with E-state index in [1.807, 2.05) is 23.1 Å². The van der Waals surface area contributed by atoms with Gasteiger partial charge in [0.1, 0.15) is 0 Å². The van der Waals surface area contributed by atoms with Gasteiger partial charge in [-0.25, -0.2) is 0 Å². The Kier molecular flexibility index (Phi) is 5.01. The number of hydrogen-bond acceptors (Lipinski definition) is 3. The molecule has 0 aromatic heterocycles. The van der Waals surface area contributed by atoms with Crippen LogP contribution in [0.4, 0.5) is 0 Å². The first kappa shape index (κ1) is 16.0. The summed E-state index contributed by atoms with van der Waals surface area (Å²) in [6.07, 6.45) is 1.56. The first-order chi connectivity index (χ1) is 9.90. The predicted octanol–water partition coefficient (Wildman–Crippen LogP) is 1.50. The Morgan fingerprint density at radius 3 is 2.57 bits per heavy atom. The number of nitrogens with two attached hydrogens (primary N) is 1. The zero-order valence-corrected chi connectivity index (χ0v) is 13.4. The van der Waals surface area contributed by atoms with Crippen molar-refractivity contribution in [3.8, 4) is 0 Å². The molecule has 0 saturated carbocycles. The third kappa shape index (κ3) is 4.05. The second kappa shape index (κ2) is 6.58. The lowest BCUT2D eigenvalue weighted by molar-refractivity contribution is -0.137. The highest BCUT2D eigenvalue weighted by Gasteiger charge is 2.34. The zero-order valence-electron chi connectivity index (χ0n) is 13.4. The summed E-state index contributed by atoms with van der Waals surface area (Å²) in [4.78, 5) is 16.7. The number of carbonyl (C=O) groups is 1. The largest absolute Gasteiger partial charge is 0.338 e. The normalized spacial score (nSPS) is 20.3. The molecule has 1 heterocycles. The minimum atomic E-state index is -0.399. The Labute approximate surface area is 127 Å². The third-order valence-corrected chi connectivity index (χ3v) is 4.53. The van der Waals surface area contributed by atoms with Gasteiger partial charge in [-0.3, -0.25) is 9.69 Å². The highest BCUT2D eigenvalue weighted by atomic mass is 16.2. The molecule has 1 unspecified atom stereocenters. The molecule has 1 aliphatic rings. The van der Waals surface area contributed by atoms with Gasteiger partial charge in [-0.15, -0.1) is 0 Å². The number of rotatable bonds is 4. The van der Waals surface area contributed by atoms with Crippen LogP contribution in [0.15, 0.2) is 30.3 Å². The van der Waals surface area contributed by atoms with Gasteiger partial charge < -0.3 is 10.6 Å². The van der Waals surface area contributed by atoms with Gasteiger partial charge in [0.15, 0.2) is 0 Å². The molecule has 0 radical (unpaired) electrons. The van der Waals surface area contributed by atoms with Crippen LogP contribution in [-0.2, 0) is 11.2 Å². The molecule has 116 valence electrons. The number of aryl methyl sites for hydroxylation is 1. The van der Waals surface area contributed by atoms with Crippen LogP contribution < -0.4 is 5.73 Å². The molecule has 0 bridgehead atoms. The van der Waals surface area contributed by atoms with Gasteiger partial charge in [0, 0.05) is 25.2 Å². The molecule has 4 heteroatoms. The number of amides is 1. The van der Waals surface area contributed by atoms with Gasteiger partial charge in [-0.1, -0.05) is 30.3 Å². The average Bonchev–Trinajstić information content (AvgIpc) is 2.48. The van der Waals surface area contributed by atoms with Crippen LogP contribution in [0.3, 0.4) is 0 Å². The van der Waals surface area contributed by atoms with Crippen molar-refractivity contribution >= 4 is 5.91 Å². The molecule has 2 rings (SSSR count). The molecular formula is C17H27N3O. The molecule has 1 amide bonds. The first-order valence-corrected chi connectivity index (χ1v) is 7.70. The van der Waals surface area contributed by atoms with Gasteiger partial charge in [-0.05, 0) is 39.3 Å². The molecule has 1 atom stereocenters. The maximum absolute atomic E-state index is 12.5. The lowest BCUT2D eigenvalue weighted by Crippen LogP contribution is -2.61. The van der Waals surface area contributed by atoms with Gasteiger partial charge in [0.2, 0.25) is 5.91 Å². The van der Waals surface area contributed by atoms with Crippen molar-refractivity contribution in [2.24, 2.45) is 5.73 Å². The Morgan fingerprint density at radius 1 is 1.29 bits per heavy atom. The summed E-state index contributed by atoms with van der Waals surface area (Å²) in [5.74, 6) is 0.0899. The van der Waals surface area contributed by atoms with Crippen molar-refractivity contribution in [2.45, 2.75) is 38.3 Å². The van der Waals surface area contributed by atoms with E-state index < -0.39 is 6.04 Å². The Balaban J connectivity index is 1.88. The number of piperazine rings is 1. The highest BCUT2D eigenvalue weighted by Crippen LogP contribution is 2.19. The Hall–Kier alpha value is -1.39. The fourth-order valence-corrected chi connectivity index (χ4v) is 2.75. The summed E-state index contributed by atoms with van der Waals surface area (Å²) in [5, 5.41) is 0. The fourth-order valence-electron chi connectivity index (χ4n) is 2.75. The molecule has 1 aromatic rings. The number of benzene rings is 1. The second-order valence-electron chi connectivity index (χ2n) is 6.62. The number of nitrogens with zero attached hydrogens (tertiary/aromatic N) is 2. The topological polar surface area (TPSA) is 49.6 Å². The molecular weight excluding hydrogens is 262 g/mol. The van der Waals surface area contributed by atoms with E-state index in [0.29, 0.717) is 6.42 Å². The summed E-state index contributed by atoms with van der Waals surface area (Å²) in [6, 6.07) is 9.80. The van der Waals surface area contributed by atoms with Crippen LogP contribution in [0.1, 0.15) is 25.8 Å². The average molecular weight is 289 g/mol. The standard InChI is InChI=1S/C17H27N3O/c1-17(2)13-20(12-11-19(17)3)16(21)15(18)10-9-14-7-5-4-6-8-14/h4-8,15H,9-13,18H2,1-3H3. The van der Waals surface area contributed by atoms with E-state index in [1.54, 1.807) is 0 Å². The van der Waals surface area contributed by atoms with E-state index in [-0.39, 0.29) is 11.4 Å². The molecule has 1 fully saturated rings. The molecule has 1 saturated heterocycles. The monoisotopic (exact) mass is 289 g/mol. The van der Waals surface area contributed by atoms with E-state index in [4.69, 9.17) is 5.73 Å². The van der Waals surface area contributed by atoms with Crippen molar-refractivity contribution in [1.29, 1.82) is 0 Å². The van der Waals surface area contributed by atoms with E-state index in [1.165, 1.54) is 5.56 Å². The predicted molar refractivity (Wildman–Crippen MR) is 86.0 cm³/mol. The van der Waals surface area contributed by atoms with Crippen LogP contribution in [0.2, 0.25) is 0 Å². The van der Waals surface area contributed by atoms with Crippen molar-refractivity contribution in [3.63, 3.8) is 0 Å². The summed E-state index contributed by atoms with van der Waals surface area (Å²) in [6.45, 7) is 6.77. The smallest absolute Gasteiger partial charge is 0.239 e. The van der Waals surface area contributed by atoms with Gasteiger partial charge in [0.05, 0.1) is 6.04 Å². The summed E-state index contributed by atoms with van der Waals surface area (Å²) in [7, 11) is 2.11. The Bertz CT molecular complexity index is 472. The molecule has 0 spiro atoms. The van der Waals surface area contributed by atoms with Gasteiger partial charge >= 0.3 is 0 Å². The molecule has 1 aliphatic heterocycles. The minimum absolute atomic E-state index is 0.0209. The van der Waals surface area contributed by atoms with Crippen molar-refractivity contribution in [3.05, 3.63) is 35.9 Å². The van der Waals surface area contributed by atoms with E-state index in [0.717, 1.165) is 26.1 Å². The number of likely N-dealkylation sites (N-methyl/N-ethyl adjacent to an activating group) is 1. The molecule has 4 nitrogen and oxygen atoms in total.